The number of thiophene rings is 1. The first-order chi connectivity index (χ1) is 13.4. The molecule has 0 saturated carbocycles. The van der Waals surface area contributed by atoms with Crippen LogP contribution < -0.4 is 10.0 Å². The minimum atomic E-state index is -3.79. The molecule has 0 fully saturated rings. The van der Waals surface area contributed by atoms with Crippen LogP contribution in [0.2, 0.25) is 0 Å². The second kappa shape index (κ2) is 7.31. The van der Waals surface area contributed by atoms with Gasteiger partial charge in [-0.15, -0.1) is 11.3 Å². The fourth-order valence-electron chi connectivity index (χ4n) is 3.13. The maximum absolute atomic E-state index is 11.9. The third kappa shape index (κ3) is 3.62. The molecular weight excluding hydrogens is 392 g/mol. The molecule has 2 heterocycles. The average Bonchev–Trinajstić information content (AvgIpc) is 3.12. The predicted molar refractivity (Wildman–Crippen MR) is 113 cm³/mol. The minimum Gasteiger partial charge on any atom is -0.355 e. The third-order valence-electron chi connectivity index (χ3n) is 4.41. The Kier molecular flexibility index (Phi) is 4.84. The smallest absolute Gasteiger partial charge is 0.238 e. The van der Waals surface area contributed by atoms with Gasteiger partial charge in [-0.25, -0.2) is 23.5 Å². The largest absolute Gasteiger partial charge is 0.355 e. The molecule has 6 nitrogen and oxygen atoms in total. The number of fused-ring (bicyclic) bond motifs is 1. The zero-order valence-electron chi connectivity index (χ0n) is 15.1. The van der Waals surface area contributed by atoms with Gasteiger partial charge < -0.3 is 4.90 Å². The number of anilines is 1. The Hall–Kier alpha value is -2.81. The van der Waals surface area contributed by atoms with Crippen LogP contribution in [0.5, 0.6) is 0 Å². The molecule has 142 valence electrons. The molecule has 0 unspecified atom stereocenters. The van der Waals surface area contributed by atoms with Crippen molar-refractivity contribution < 1.29 is 8.42 Å². The summed E-state index contributed by atoms with van der Waals surface area (Å²) in [4.78, 5) is 12.9. The van der Waals surface area contributed by atoms with Crippen molar-refractivity contribution in [2.24, 2.45) is 5.14 Å². The lowest BCUT2D eigenvalue weighted by molar-refractivity contribution is 0.596. The van der Waals surface area contributed by atoms with E-state index in [0.29, 0.717) is 12.1 Å². The molecule has 0 saturated heterocycles. The molecule has 28 heavy (non-hydrogen) atoms. The van der Waals surface area contributed by atoms with Crippen molar-refractivity contribution >= 4 is 37.4 Å². The van der Waals surface area contributed by atoms with Crippen molar-refractivity contribution in [1.82, 2.24) is 9.97 Å². The number of hydrogen-bond acceptors (Lipinski definition) is 6. The van der Waals surface area contributed by atoms with Crippen molar-refractivity contribution in [1.29, 1.82) is 0 Å². The zero-order valence-corrected chi connectivity index (χ0v) is 16.7. The molecule has 0 atom stereocenters. The van der Waals surface area contributed by atoms with Gasteiger partial charge in [0.2, 0.25) is 10.0 Å². The highest BCUT2D eigenvalue weighted by atomic mass is 32.2. The van der Waals surface area contributed by atoms with E-state index in [2.05, 4.69) is 28.2 Å². The van der Waals surface area contributed by atoms with Crippen LogP contribution >= 0.6 is 11.3 Å². The summed E-state index contributed by atoms with van der Waals surface area (Å²) in [6.07, 6.45) is 1.53. The predicted octanol–water partition coefficient (Wildman–Crippen LogP) is 3.64. The number of primary sulfonamides is 1. The molecule has 8 heteroatoms. The standard InChI is InChI=1S/C20H18N4O2S2/c1-24(12-15-9-5-6-10-18(15)28(21,25)26)19-16-11-17(14-7-3-2-4-8-14)27-20(16)23-13-22-19/h2-11,13H,12H2,1H3,(H2,21,25,26). The lowest BCUT2D eigenvalue weighted by Crippen LogP contribution is -2.21. The fourth-order valence-corrected chi connectivity index (χ4v) is 4.90. The molecule has 0 aliphatic rings. The van der Waals surface area contributed by atoms with Crippen molar-refractivity contribution in [2.75, 3.05) is 11.9 Å². The summed E-state index contributed by atoms with van der Waals surface area (Å²) >= 11 is 1.60. The zero-order chi connectivity index (χ0) is 19.7. The number of rotatable bonds is 5. The van der Waals surface area contributed by atoms with Gasteiger partial charge in [-0.1, -0.05) is 48.5 Å². The van der Waals surface area contributed by atoms with Crippen LogP contribution in [0.3, 0.4) is 0 Å². The Bertz CT molecular complexity index is 1240. The van der Waals surface area contributed by atoms with Gasteiger partial charge in [0, 0.05) is 18.5 Å². The van der Waals surface area contributed by atoms with Crippen molar-refractivity contribution in [3.63, 3.8) is 0 Å². The average molecular weight is 411 g/mol. The van der Waals surface area contributed by atoms with E-state index >= 15 is 0 Å². The van der Waals surface area contributed by atoms with E-state index in [9.17, 15) is 8.42 Å². The van der Waals surface area contributed by atoms with Crippen LogP contribution in [0.4, 0.5) is 5.82 Å². The molecule has 0 bridgehead atoms. The Morgan fingerprint density at radius 2 is 1.75 bits per heavy atom. The summed E-state index contributed by atoms with van der Waals surface area (Å²) in [5, 5.41) is 6.29. The van der Waals surface area contributed by atoms with E-state index in [1.165, 1.54) is 12.4 Å². The van der Waals surface area contributed by atoms with Gasteiger partial charge in [0.15, 0.2) is 0 Å². The highest BCUT2D eigenvalue weighted by Gasteiger charge is 2.17. The Labute approximate surface area is 167 Å². The first-order valence-electron chi connectivity index (χ1n) is 8.55. The Morgan fingerprint density at radius 3 is 2.50 bits per heavy atom. The minimum absolute atomic E-state index is 0.127. The molecule has 0 aliphatic carbocycles. The molecule has 4 rings (SSSR count). The first kappa shape index (κ1) is 18.5. The van der Waals surface area contributed by atoms with Gasteiger partial charge >= 0.3 is 0 Å². The molecule has 2 aromatic heterocycles. The molecule has 4 aromatic rings. The highest BCUT2D eigenvalue weighted by molar-refractivity contribution is 7.89. The molecule has 0 aliphatic heterocycles. The van der Waals surface area contributed by atoms with Crippen LogP contribution in [0.1, 0.15) is 5.56 Å². The topological polar surface area (TPSA) is 89.2 Å². The van der Waals surface area contributed by atoms with Crippen molar-refractivity contribution in [2.45, 2.75) is 11.4 Å². The number of aromatic nitrogens is 2. The number of nitrogens with zero attached hydrogens (tertiary/aromatic N) is 3. The van der Waals surface area contributed by atoms with E-state index in [1.54, 1.807) is 29.5 Å². The lowest BCUT2D eigenvalue weighted by Gasteiger charge is -2.20. The maximum atomic E-state index is 11.9. The second-order valence-corrected chi connectivity index (χ2v) is 8.96. The van der Waals surface area contributed by atoms with Crippen molar-refractivity contribution in [3.05, 3.63) is 72.6 Å². The van der Waals surface area contributed by atoms with Gasteiger partial charge in [-0.05, 0) is 23.3 Å². The van der Waals surface area contributed by atoms with Crippen LogP contribution in [0.15, 0.2) is 71.9 Å². The highest BCUT2D eigenvalue weighted by Crippen LogP contribution is 2.36. The van der Waals surface area contributed by atoms with Gasteiger partial charge in [-0.3, -0.25) is 0 Å². The number of nitrogens with two attached hydrogens (primary N) is 1. The lowest BCUT2D eigenvalue weighted by atomic mass is 10.2. The Balaban J connectivity index is 1.73. The van der Waals surface area contributed by atoms with Crippen molar-refractivity contribution in [3.8, 4) is 10.4 Å². The van der Waals surface area contributed by atoms with E-state index in [1.807, 2.05) is 30.1 Å². The third-order valence-corrected chi connectivity index (χ3v) is 6.52. The van der Waals surface area contributed by atoms with E-state index in [4.69, 9.17) is 5.14 Å². The maximum Gasteiger partial charge on any atom is 0.238 e. The molecule has 0 amide bonds. The fraction of sp³-hybridized carbons (Fsp3) is 0.100. The SMILES string of the molecule is CN(Cc1ccccc1S(N)(=O)=O)c1ncnc2sc(-c3ccccc3)cc12. The monoisotopic (exact) mass is 410 g/mol. The van der Waals surface area contributed by atoms with E-state index < -0.39 is 10.0 Å². The van der Waals surface area contributed by atoms with Gasteiger partial charge in [0.25, 0.3) is 0 Å². The number of hydrogen-bond donors (Lipinski definition) is 1. The number of sulfonamides is 1. The summed E-state index contributed by atoms with van der Waals surface area (Å²) in [5.41, 5.74) is 1.75. The van der Waals surface area contributed by atoms with E-state index in [0.717, 1.165) is 26.5 Å². The normalized spacial score (nSPS) is 11.6. The number of benzene rings is 2. The van der Waals surface area contributed by atoms with E-state index in [-0.39, 0.29) is 4.90 Å². The Morgan fingerprint density at radius 1 is 1.04 bits per heavy atom. The first-order valence-corrected chi connectivity index (χ1v) is 10.9. The van der Waals surface area contributed by atoms with Crippen LogP contribution in [0.25, 0.3) is 20.7 Å². The second-order valence-electron chi connectivity index (χ2n) is 6.40. The van der Waals surface area contributed by atoms with Crippen LogP contribution in [0, 0.1) is 0 Å². The summed E-state index contributed by atoms with van der Waals surface area (Å²) in [7, 11) is -1.92. The summed E-state index contributed by atoms with van der Waals surface area (Å²) in [6.45, 7) is 0.356. The molecule has 2 aromatic carbocycles. The van der Waals surface area contributed by atoms with Gasteiger partial charge in [-0.2, -0.15) is 0 Å². The van der Waals surface area contributed by atoms with Crippen LogP contribution in [-0.4, -0.2) is 25.4 Å². The molecule has 0 radical (unpaired) electrons. The van der Waals surface area contributed by atoms with Gasteiger partial charge in [0.1, 0.15) is 17.0 Å². The summed E-state index contributed by atoms with van der Waals surface area (Å²) < 4.78 is 23.8. The van der Waals surface area contributed by atoms with Crippen LogP contribution in [-0.2, 0) is 16.6 Å². The van der Waals surface area contributed by atoms with Gasteiger partial charge in [0.05, 0.1) is 10.3 Å². The molecule has 2 N–H and O–H groups in total. The molecular formula is C20H18N4O2S2. The summed E-state index contributed by atoms with van der Waals surface area (Å²) in [6, 6.07) is 18.9. The molecule has 0 spiro atoms. The summed E-state index contributed by atoms with van der Waals surface area (Å²) in [5.74, 6) is 0.743. The quantitative estimate of drug-likeness (QED) is 0.543.